The number of benzene rings is 1. The van der Waals surface area contributed by atoms with E-state index in [1.807, 2.05) is 11.0 Å². The molecule has 1 aromatic rings. The molecule has 0 aliphatic carbocycles. The van der Waals surface area contributed by atoms with E-state index in [1.165, 1.54) is 17.5 Å². The van der Waals surface area contributed by atoms with Gasteiger partial charge in [-0.2, -0.15) is 0 Å². The van der Waals surface area contributed by atoms with Crippen LogP contribution in [0.15, 0.2) is 18.2 Å². The highest BCUT2D eigenvalue weighted by Gasteiger charge is 2.23. The zero-order valence-electron chi connectivity index (χ0n) is 11.6. The van der Waals surface area contributed by atoms with Gasteiger partial charge in [0.05, 0.1) is 0 Å². The van der Waals surface area contributed by atoms with E-state index in [9.17, 15) is 4.79 Å². The van der Waals surface area contributed by atoms with Crippen molar-refractivity contribution in [3.05, 3.63) is 34.9 Å². The van der Waals surface area contributed by atoms with Crippen LogP contribution in [0.5, 0.6) is 0 Å². The molecule has 0 saturated carbocycles. The highest BCUT2D eigenvalue weighted by atomic mass is 16.2. The predicted octanol–water partition coefficient (Wildman–Crippen LogP) is 2.55. The monoisotopic (exact) mass is 258 g/mol. The molecule has 1 aromatic carbocycles. The largest absolute Gasteiger partial charge is 0.339 e. The minimum atomic E-state index is 0.212. The van der Waals surface area contributed by atoms with E-state index in [2.05, 4.69) is 24.4 Å². The van der Waals surface area contributed by atoms with E-state index < -0.39 is 0 Å². The lowest BCUT2D eigenvalue weighted by Crippen LogP contribution is -2.38. The molecule has 2 aliphatic heterocycles. The summed E-state index contributed by atoms with van der Waals surface area (Å²) < 4.78 is 0. The molecular formula is C16H22N2O. The number of hydrogen-bond donors (Lipinski definition) is 1. The summed E-state index contributed by atoms with van der Waals surface area (Å²) >= 11 is 0. The van der Waals surface area contributed by atoms with Crippen molar-refractivity contribution in [1.29, 1.82) is 0 Å². The molecule has 2 heterocycles. The Bertz CT molecular complexity index is 476. The van der Waals surface area contributed by atoms with Crippen LogP contribution in [0.3, 0.4) is 0 Å². The van der Waals surface area contributed by atoms with E-state index in [4.69, 9.17) is 0 Å². The molecule has 0 radical (unpaired) electrons. The number of carbonyl (C=O) groups is 1. The molecule has 3 rings (SSSR count). The molecule has 0 spiro atoms. The molecular weight excluding hydrogens is 236 g/mol. The Morgan fingerprint density at radius 3 is 2.74 bits per heavy atom. The maximum Gasteiger partial charge on any atom is 0.253 e. The van der Waals surface area contributed by atoms with Crippen LogP contribution < -0.4 is 5.32 Å². The van der Waals surface area contributed by atoms with Gasteiger partial charge in [-0.05, 0) is 42.0 Å². The first-order valence-corrected chi connectivity index (χ1v) is 7.39. The molecule has 1 amide bonds. The number of rotatable bonds is 2. The van der Waals surface area contributed by atoms with Crippen LogP contribution in [0.4, 0.5) is 0 Å². The molecule has 0 aromatic heterocycles. The van der Waals surface area contributed by atoms with Crippen molar-refractivity contribution in [2.75, 3.05) is 13.1 Å². The standard InChI is InChI=1S/C16H22N2O/c1-2-12-5-7-18(8-6-12)16(19)13-3-4-14-10-17-11-15(14)9-13/h3-4,9,12,17H,2,5-8,10-11H2,1H3. The van der Waals surface area contributed by atoms with Crippen LogP contribution >= 0.6 is 0 Å². The molecule has 2 aliphatic rings. The SMILES string of the molecule is CCC1CCN(C(=O)c2ccc3c(c2)CNC3)CC1. The van der Waals surface area contributed by atoms with Crippen LogP contribution in [0.1, 0.15) is 47.7 Å². The Balaban J connectivity index is 1.70. The maximum atomic E-state index is 12.5. The van der Waals surface area contributed by atoms with Crippen molar-refractivity contribution in [1.82, 2.24) is 10.2 Å². The average molecular weight is 258 g/mol. The van der Waals surface area contributed by atoms with Gasteiger partial charge in [-0.15, -0.1) is 0 Å². The first kappa shape index (κ1) is 12.7. The van der Waals surface area contributed by atoms with Crippen molar-refractivity contribution in [2.45, 2.75) is 39.3 Å². The fourth-order valence-electron chi connectivity index (χ4n) is 3.15. The number of hydrogen-bond acceptors (Lipinski definition) is 2. The van der Waals surface area contributed by atoms with E-state index in [1.54, 1.807) is 0 Å². The maximum absolute atomic E-state index is 12.5. The van der Waals surface area contributed by atoms with Crippen LogP contribution in [-0.2, 0) is 13.1 Å². The highest BCUT2D eigenvalue weighted by Crippen LogP contribution is 2.23. The van der Waals surface area contributed by atoms with E-state index in [0.717, 1.165) is 50.5 Å². The van der Waals surface area contributed by atoms with E-state index >= 15 is 0 Å². The third-order valence-corrected chi connectivity index (χ3v) is 4.56. The summed E-state index contributed by atoms with van der Waals surface area (Å²) in [5.41, 5.74) is 3.48. The number of nitrogens with zero attached hydrogens (tertiary/aromatic N) is 1. The van der Waals surface area contributed by atoms with E-state index in [-0.39, 0.29) is 5.91 Å². The number of fused-ring (bicyclic) bond motifs is 1. The smallest absolute Gasteiger partial charge is 0.253 e. The minimum Gasteiger partial charge on any atom is -0.339 e. The van der Waals surface area contributed by atoms with Crippen LogP contribution in [-0.4, -0.2) is 23.9 Å². The number of piperidine rings is 1. The molecule has 0 atom stereocenters. The van der Waals surface area contributed by atoms with Gasteiger partial charge in [-0.25, -0.2) is 0 Å². The lowest BCUT2D eigenvalue weighted by molar-refractivity contribution is 0.0688. The molecule has 1 fully saturated rings. The Morgan fingerprint density at radius 1 is 1.26 bits per heavy atom. The quantitative estimate of drug-likeness (QED) is 0.884. The lowest BCUT2D eigenvalue weighted by Gasteiger charge is -2.31. The second kappa shape index (κ2) is 5.33. The topological polar surface area (TPSA) is 32.3 Å². The molecule has 19 heavy (non-hydrogen) atoms. The third-order valence-electron chi connectivity index (χ3n) is 4.56. The predicted molar refractivity (Wildman–Crippen MR) is 75.9 cm³/mol. The van der Waals surface area contributed by atoms with Gasteiger partial charge in [0.1, 0.15) is 0 Å². The van der Waals surface area contributed by atoms with Gasteiger partial charge >= 0.3 is 0 Å². The van der Waals surface area contributed by atoms with Gasteiger partial charge in [0, 0.05) is 31.7 Å². The second-order valence-electron chi connectivity index (χ2n) is 5.73. The van der Waals surface area contributed by atoms with Gasteiger partial charge in [0.2, 0.25) is 0 Å². The van der Waals surface area contributed by atoms with Crippen molar-refractivity contribution < 1.29 is 4.79 Å². The highest BCUT2D eigenvalue weighted by molar-refractivity contribution is 5.94. The van der Waals surface area contributed by atoms with Crippen LogP contribution in [0.25, 0.3) is 0 Å². The fraction of sp³-hybridized carbons (Fsp3) is 0.562. The molecule has 1 N–H and O–H groups in total. The van der Waals surface area contributed by atoms with Crippen LogP contribution in [0.2, 0.25) is 0 Å². The zero-order chi connectivity index (χ0) is 13.2. The number of carbonyl (C=O) groups excluding carboxylic acids is 1. The van der Waals surface area contributed by atoms with Crippen molar-refractivity contribution in [3.63, 3.8) is 0 Å². The molecule has 0 unspecified atom stereocenters. The summed E-state index contributed by atoms with van der Waals surface area (Å²) in [6.45, 7) is 5.93. The van der Waals surface area contributed by atoms with Crippen molar-refractivity contribution in [2.24, 2.45) is 5.92 Å². The minimum absolute atomic E-state index is 0.212. The summed E-state index contributed by atoms with van der Waals surface area (Å²) in [5, 5.41) is 3.32. The first-order valence-electron chi connectivity index (χ1n) is 7.39. The number of likely N-dealkylation sites (tertiary alicyclic amines) is 1. The number of amides is 1. The third kappa shape index (κ3) is 2.52. The lowest BCUT2D eigenvalue weighted by atomic mass is 9.94. The normalized spacial score (nSPS) is 19.5. The van der Waals surface area contributed by atoms with Crippen molar-refractivity contribution >= 4 is 5.91 Å². The molecule has 3 nitrogen and oxygen atoms in total. The summed E-state index contributed by atoms with van der Waals surface area (Å²) in [7, 11) is 0. The van der Waals surface area contributed by atoms with Gasteiger partial charge in [-0.1, -0.05) is 19.4 Å². The van der Waals surface area contributed by atoms with Crippen LogP contribution in [0, 0.1) is 5.92 Å². The summed E-state index contributed by atoms with van der Waals surface area (Å²) in [4.78, 5) is 14.5. The Labute approximate surface area is 115 Å². The Morgan fingerprint density at radius 2 is 2.00 bits per heavy atom. The first-order chi connectivity index (χ1) is 9.28. The Kier molecular flexibility index (Phi) is 3.56. The number of nitrogens with one attached hydrogen (secondary N) is 1. The summed E-state index contributed by atoms with van der Waals surface area (Å²) in [6, 6.07) is 6.16. The zero-order valence-corrected chi connectivity index (χ0v) is 11.6. The van der Waals surface area contributed by atoms with Gasteiger partial charge in [0.15, 0.2) is 0 Å². The summed E-state index contributed by atoms with van der Waals surface area (Å²) in [5.74, 6) is 1.03. The van der Waals surface area contributed by atoms with Crippen molar-refractivity contribution in [3.8, 4) is 0 Å². The Hall–Kier alpha value is -1.35. The summed E-state index contributed by atoms with van der Waals surface area (Å²) in [6.07, 6.45) is 3.57. The van der Waals surface area contributed by atoms with Gasteiger partial charge in [0.25, 0.3) is 5.91 Å². The molecule has 0 bridgehead atoms. The fourth-order valence-corrected chi connectivity index (χ4v) is 3.15. The van der Waals surface area contributed by atoms with E-state index in [0.29, 0.717) is 0 Å². The molecule has 3 heteroatoms. The van der Waals surface area contributed by atoms with Gasteiger partial charge < -0.3 is 10.2 Å². The second-order valence-corrected chi connectivity index (χ2v) is 5.73. The molecule has 102 valence electrons. The average Bonchev–Trinajstić information content (AvgIpc) is 2.94. The van der Waals surface area contributed by atoms with Gasteiger partial charge in [-0.3, -0.25) is 4.79 Å². The molecule has 1 saturated heterocycles.